The number of aromatic nitrogens is 3. The molecule has 1 unspecified atom stereocenters. The maximum atomic E-state index is 13.0. The van der Waals surface area contributed by atoms with Gasteiger partial charge in [0.2, 0.25) is 0 Å². The van der Waals surface area contributed by atoms with Crippen molar-refractivity contribution in [1.29, 1.82) is 0 Å². The molecule has 0 aliphatic rings. The van der Waals surface area contributed by atoms with Gasteiger partial charge in [-0.25, -0.2) is 14.2 Å². The molecule has 1 N–H and O–H groups in total. The number of rotatable bonds is 4. The van der Waals surface area contributed by atoms with E-state index in [0.717, 1.165) is 17.3 Å². The molecule has 0 aliphatic heterocycles. The molecule has 3 aromatic heterocycles. The van der Waals surface area contributed by atoms with Crippen LogP contribution in [0.2, 0.25) is 0 Å². The second-order valence-electron chi connectivity index (χ2n) is 5.31. The van der Waals surface area contributed by atoms with Crippen LogP contribution in [0.3, 0.4) is 0 Å². The second-order valence-corrected chi connectivity index (χ2v) is 9.56. The van der Waals surface area contributed by atoms with Gasteiger partial charge in [-0.05, 0) is 13.0 Å². The van der Waals surface area contributed by atoms with Crippen LogP contribution in [-0.2, 0) is 15.9 Å². The van der Waals surface area contributed by atoms with E-state index in [1.54, 1.807) is 18.5 Å². The molecule has 3 aromatic rings. The third-order valence-electron chi connectivity index (χ3n) is 3.48. The van der Waals surface area contributed by atoms with Crippen molar-refractivity contribution in [2.75, 3.05) is 11.0 Å². The van der Waals surface area contributed by atoms with Crippen molar-refractivity contribution in [3.8, 4) is 10.7 Å². The van der Waals surface area contributed by atoms with Crippen molar-refractivity contribution in [3.05, 3.63) is 46.5 Å². The van der Waals surface area contributed by atoms with Crippen LogP contribution in [0.15, 0.2) is 35.3 Å². The first-order valence-electron chi connectivity index (χ1n) is 7.16. The highest BCUT2D eigenvalue weighted by Gasteiger charge is 2.32. The van der Waals surface area contributed by atoms with E-state index in [-0.39, 0.29) is 0 Å². The minimum atomic E-state index is -4.51. The van der Waals surface area contributed by atoms with E-state index in [1.165, 1.54) is 35.0 Å². The molecule has 138 valence electrons. The molecule has 0 aliphatic carbocycles. The molecular formula is C15H13F3N4OS3. The topological polar surface area (TPSA) is 67.8 Å². The summed E-state index contributed by atoms with van der Waals surface area (Å²) in [6.07, 6.45) is -0.285. The van der Waals surface area contributed by atoms with E-state index in [1.807, 2.05) is 5.38 Å². The van der Waals surface area contributed by atoms with Crippen LogP contribution >= 0.6 is 22.7 Å². The predicted molar refractivity (Wildman–Crippen MR) is 99.9 cm³/mol. The number of halogens is 3. The molecule has 3 heterocycles. The maximum absolute atomic E-state index is 13.0. The Morgan fingerprint density at radius 1 is 1.23 bits per heavy atom. The lowest BCUT2D eigenvalue weighted by Gasteiger charge is -2.12. The number of nitrogens with zero attached hydrogens (tertiary/aromatic N) is 3. The van der Waals surface area contributed by atoms with Crippen LogP contribution in [0, 0.1) is 0 Å². The zero-order valence-corrected chi connectivity index (χ0v) is 16.0. The molecule has 0 saturated heterocycles. The fraction of sp³-hybridized carbons (Fsp3) is 0.200. The molecule has 0 amide bonds. The quantitative estimate of drug-likeness (QED) is 0.510. The van der Waals surface area contributed by atoms with Gasteiger partial charge in [0.25, 0.3) is 0 Å². The molecule has 1 atom stereocenters. The van der Waals surface area contributed by atoms with Crippen LogP contribution in [-0.4, -0.2) is 30.3 Å². The number of anilines is 1. The minimum absolute atomic E-state index is 0.370. The third-order valence-corrected chi connectivity index (χ3v) is 7.15. The van der Waals surface area contributed by atoms with Gasteiger partial charge >= 0.3 is 6.18 Å². The summed E-state index contributed by atoms with van der Waals surface area (Å²) in [5.41, 5.74) is 0.0591. The van der Waals surface area contributed by atoms with Crippen molar-refractivity contribution in [3.63, 3.8) is 0 Å². The van der Waals surface area contributed by atoms with E-state index >= 15 is 0 Å². The Hall–Kier alpha value is -1.98. The van der Waals surface area contributed by atoms with Gasteiger partial charge in [0.1, 0.15) is 16.4 Å². The van der Waals surface area contributed by atoms with Gasteiger partial charge in [0.05, 0.1) is 9.71 Å². The Balaban J connectivity index is 1.87. The SMILES string of the molecule is CC(c1ccc(C(F)(F)F)nc1)=S(C)(=O)Nc1nc(-c2nccs2)cs1. The van der Waals surface area contributed by atoms with E-state index in [9.17, 15) is 17.4 Å². The average molecular weight is 418 g/mol. The molecule has 0 fully saturated rings. The summed E-state index contributed by atoms with van der Waals surface area (Å²) in [6, 6.07) is 2.14. The number of thiazole rings is 2. The second kappa shape index (κ2) is 6.97. The van der Waals surface area contributed by atoms with Crippen molar-refractivity contribution in [1.82, 2.24) is 15.0 Å². The van der Waals surface area contributed by atoms with Gasteiger partial charge < -0.3 is 0 Å². The van der Waals surface area contributed by atoms with Crippen molar-refractivity contribution >= 4 is 42.4 Å². The summed E-state index contributed by atoms with van der Waals surface area (Å²) in [7, 11) is -2.74. The van der Waals surface area contributed by atoms with Crippen molar-refractivity contribution in [2.45, 2.75) is 13.1 Å². The summed E-state index contributed by atoms with van der Waals surface area (Å²) in [6.45, 7) is 1.59. The number of alkyl halides is 3. The van der Waals surface area contributed by atoms with Gasteiger partial charge in [-0.3, -0.25) is 9.71 Å². The lowest BCUT2D eigenvalue weighted by Crippen LogP contribution is -2.20. The van der Waals surface area contributed by atoms with Gasteiger partial charge in [0, 0.05) is 39.8 Å². The zero-order chi connectivity index (χ0) is 18.9. The maximum Gasteiger partial charge on any atom is 0.433 e. The molecule has 5 nitrogen and oxygen atoms in total. The van der Waals surface area contributed by atoms with E-state index in [2.05, 4.69) is 19.7 Å². The fourth-order valence-electron chi connectivity index (χ4n) is 2.01. The Morgan fingerprint density at radius 3 is 2.58 bits per heavy atom. The van der Waals surface area contributed by atoms with Crippen LogP contribution < -0.4 is 4.72 Å². The molecule has 0 spiro atoms. The Labute approximate surface area is 156 Å². The highest BCUT2D eigenvalue weighted by atomic mass is 32.2. The zero-order valence-electron chi connectivity index (χ0n) is 13.6. The first-order valence-corrected chi connectivity index (χ1v) is 10.9. The van der Waals surface area contributed by atoms with Crippen LogP contribution in [0.5, 0.6) is 0 Å². The molecular weight excluding hydrogens is 405 g/mol. The Morgan fingerprint density at radius 2 is 2.00 bits per heavy atom. The molecule has 0 saturated carbocycles. The number of hydrogen-bond acceptors (Lipinski definition) is 6. The smallest absolute Gasteiger partial charge is 0.288 e. The first-order chi connectivity index (χ1) is 12.2. The molecule has 26 heavy (non-hydrogen) atoms. The first kappa shape index (κ1) is 18.8. The highest BCUT2D eigenvalue weighted by Crippen LogP contribution is 2.28. The van der Waals surface area contributed by atoms with E-state index in [4.69, 9.17) is 0 Å². The van der Waals surface area contributed by atoms with Crippen molar-refractivity contribution in [2.24, 2.45) is 0 Å². The summed E-state index contributed by atoms with van der Waals surface area (Å²) in [4.78, 5) is 12.3. The summed E-state index contributed by atoms with van der Waals surface area (Å²) in [5, 5.41) is 4.83. The molecule has 0 aromatic carbocycles. The number of hydrogen-bond donors (Lipinski definition) is 1. The molecule has 0 bridgehead atoms. The van der Waals surface area contributed by atoms with Gasteiger partial charge in [0.15, 0.2) is 5.13 Å². The molecule has 3 rings (SSSR count). The fourth-order valence-corrected chi connectivity index (χ4v) is 4.99. The van der Waals surface area contributed by atoms with E-state index in [0.29, 0.717) is 21.3 Å². The van der Waals surface area contributed by atoms with Crippen LogP contribution in [0.25, 0.3) is 10.7 Å². The van der Waals surface area contributed by atoms with E-state index < -0.39 is 21.6 Å². The molecule has 11 heteroatoms. The minimum Gasteiger partial charge on any atom is -0.288 e. The Bertz CT molecular complexity index is 1020. The standard InChI is InChI=1S/C15H13F3N4OS3/c1-9(10-3-4-12(20-7-10)15(16,17)18)26(2,23)22-14-21-11(8-25-14)13-19-5-6-24-13/h3-8H,1-2H3,(H,21,22,23). The van der Waals surface area contributed by atoms with Gasteiger partial charge in [-0.1, -0.05) is 6.07 Å². The molecule has 0 radical (unpaired) electrons. The lowest BCUT2D eigenvalue weighted by molar-refractivity contribution is -0.141. The van der Waals surface area contributed by atoms with Crippen molar-refractivity contribution < 1.29 is 17.4 Å². The number of pyridine rings is 1. The summed E-state index contributed by atoms with van der Waals surface area (Å²) < 4.78 is 53.7. The largest absolute Gasteiger partial charge is 0.433 e. The summed E-state index contributed by atoms with van der Waals surface area (Å²) >= 11 is 2.72. The van der Waals surface area contributed by atoms with Gasteiger partial charge in [-0.15, -0.1) is 22.7 Å². The average Bonchev–Trinajstić information content (AvgIpc) is 3.24. The number of nitrogens with one attached hydrogen (secondary N) is 1. The van der Waals surface area contributed by atoms with Crippen LogP contribution in [0.4, 0.5) is 18.3 Å². The highest BCUT2D eigenvalue weighted by molar-refractivity contribution is 8.03. The van der Waals surface area contributed by atoms with Crippen LogP contribution in [0.1, 0.15) is 18.2 Å². The Kier molecular flexibility index (Phi) is 5.04. The monoisotopic (exact) mass is 418 g/mol. The predicted octanol–water partition coefficient (Wildman–Crippen LogP) is 4.16. The lowest BCUT2D eigenvalue weighted by atomic mass is 10.2. The van der Waals surface area contributed by atoms with Gasteiger partial charge in [-0.2, -0.15) is 13.2 Å². The third kappa shape index (κ3) is 4.05. The normalized spacial score (nSPS) is 14.0. The summed E-state index contributed by atoms with van der Waals surface area (Å²) in [5.74, 6) is 0.